The fraction of sp³-hybridized carbons (Fsp3) is 0.267. The van der Waals surface area contributed by atoms with E-state index in [0.717, 1.165) is 43.3 Å². The Hall–Kier alpha value is -3.74. The Kier molecular flexibility index (Phi) is 7.55. The van der Waals surface area contributed by atoms with Crippen LogP contribution in [0.25, 0.3) is 5.69 Å². The molecule has 0 unspecified atom stereocenters. The third-order valence-corrected chi connectivity index (χ3v) is 6.78. The van der Waals surface area contributed by atoms with E-state index in [4.69, 9.17) is 0 Å². The van der Waals surface area contributed by atoms with Crippen molar-refractivity contribution in [1.29, 1.82) is 0 Å². The van der Waals surface area contributed by atoms with Crippen LogP contribution >= 0.6 is 0 Å². The van der Waals surface area contributed by atoms with Gasteiger partial charge in [-0.3, -0.25) is 14.6 Å². The first kappa shape index (κ1) is 24.0. The standard InChI is InChI=1S/C30H33N5O/c1-24-21-27(32-35(24)28-15-9-4-10-16-28)22-29(36)31-23-33-17-19-34(20-18-33)30(25-11-5-2-6-12-25)26-13-7-3-8-14-26/h2-16,21,30H,17-20,22-23H2,1H3,(H,31,36). The van der Waals surface area contributed by atoms with E-state index >= 15 is 0 Å². The number of nitrogens with zero attached hydrogens (tertiary/aromatic N) is 4. The lowest BCUT2D eigenvalue weighted by Gasteiger charge is -2.39. The molecule has 6 nitrogen and oxygen atoms in total. The summed E-state index contributed by atoms with van der Waals surface area (Å²) in [5, 5.41) is 7.73. The number of hydrogen-bond donors (Lipinski definition) is 1. The van der Waals surface area contributed by atoms with Crippen molar-refractivity contribution in [2.75, 3.05) is 32.8 Å². The first-order valence-electron chi connectivity index (χ1n) is 12.6. The lowest BCUT2D eigenvalue weighted by Crippen LogP contribution is -2.51. The van der Waals surface area contributed by atoms with Crippen molar-refractivity contribution in [3.8, 4) is 5.69 Å². The zero-order valence-corrected chi connectivity index (χ0v) is 20.8. The molecule has 0 spiro atoms. The zero-order chi connectivity index (χ0) is 24.7. The molecule has 4 aromatic rings. The van der Waals surface area contributed by atoms with Crippen LogP contribution in [0, 0.1) is 6.92 Å². The van der Waals surface area contributed by atoms with E-state index in [1.165, 1.54) is 11.1 Å². The summed E-state index contributed by atoms with van der Waals surface area (Å²) in [6, 6.07) is 33.7. The third kappa shape index (κ3) is 5.73. The molecule has 2 heterocycles. The van der Waals surface area contributed by atoms with Crippen LogP contribution in [0.2, 0.25) is 0 Å². The summed E-state index contributed by atoms with van der Waals surface area (Å²) in [4.78, 5) is 17.5. The molecule has 1 amide bonds. The largest absolute Gasteiger partial charge is 0.343 e. The van der Waals surface area contributed by atoms with E-state index in [9.17, 15) is 4.79 Å². The van der Waals surface area contributed by atoms with Gasteiger partial charge in [-0.1, -0.05) is 78.9 Å². The SMILES string of the molecule is Cc1cc(CC(=O)NCN2CCN(C(c3ccccc3)c3ccccc3)CC2)nn1-c1ccccc1. The van der Waals surface area contributed by atoms with Gasteiger partial charge in [0.1, 0.15) is 0 Å². The van der Waals surface area contributed by atoms with Crippen molar-refractivity contribution in [3.63, 3.8) is 0 Å². The number of piperazine rings is 1. The summed E-state index contributed by atoms with van der Waals surface area (Å²) in [7, 11) is 0. The Morgan fingerprint density at radius 3 is 1.97 bits per heavy atom. The Labute approximate surface area is 213 Å². The van der Waals surface area contributed by atoms with Gasteiger partial charge in [0.05, 0.1) is 30.5 Å². The minimum absolute atomic E-state index is 0.00147. The maximum absolute atomic E-state index is 12.7. The quantitative estimate of drug-likeness (QED) is 0.412. The van der Waals surface area contributed by atoms with Crippen LogP contribution in [-0.4, -0.2) is 58.3 Å². The number of rotatable bonds is 8. The van der Waals surface area contributed by atoms with Crippen LogP contribution in [0.15, 0.2) is 97.1 Å². The Morgan fingerprint density at radius 2 is 1.39 bits per heavy atom. The van der Waals surface area contributed by atoms with Gasteiger partial charge in [0.15, 0.2) is 0 Å². The minimum Gasteiger partial charge on any atom is -0.343 e. The number of nitrogens with one attached hydrogen (secondary N) is 1. The number of aromatic nitrogens is 2. The van der Waals surface area contributed by atoms with E-state index < -0.39 is 0 Å². The summed E-state index contributed by atoms with van der Waals surface area (Å²) in [5.41, 5.74) is 5.44. The molecule has 1 fully saturated rings. The molecule has 3 aromatic carbocycles. The lowest BCUT2D eigenvalue weighted by molar-refractivity contribution is -0.121. The van der Waals surface area contributed by atoms with Gasteiger partial charge in [0.25, 0.3) is 0 Å². The highest BCUT2D eigenvalue weighted by atomic mass is 16.1. The van der Waals surface area contributed by atoms with Crippen molar-refractivity contribution >= 4 is 5.91 Å². The molecule has 1 aliphatic heterocycles. The molecule has 0 atom stereocenters. The number of carbonyl (C=O) groups is 1. The van der Waals surface area contributed by atoms with Gasteiger partial charge in [0.2, 0.25) is 5.91 Å². The Balaban J connectivity index is 1.14. The number of aryl methyl sites for hydroxylation is 1. The molecule has 36 heavy (non-hydrogen) atoms. The van der Waals surface area contributed by atoms with Crippen molar-refractivity contribution in [2.24, 2.45) is 0 Å². The molecule has 1 aliphatic rings. The van der Waals surface area contributed by atoms with Gasteiger partial charge in [-0.15, -0.1) is 0 Å². The molecule has 1 N–H and O–H groups in total. The van der Waals surface area contributed by atoms with Crippen LogP contribution in [0.3, 0.4) is 0 Å². The predicted octanol–water partition coefficient (Wildman–Crippen LogP) is 4.20. The number of para-hydroxylation sites is 1. The summed E-state index contributed by atoms with van der Waals surface area (Å²) in [5.74, 6) is 0.00147. The fourth-order valence-corrected chi connectivity index (χ4v) is 4.95. The Morgan fingerprint density at radius 1 is 0.833 bits per heavy atom. The highest BCUT2D eigenvalue weighted by Gasteiger charge is 2.26. The van der Waals surface area contributed by atoms with E-state index in [1.807, 2.05) is 48.0 Å². The molecular formula is C30H33N5O. The molecule has 0 radical (unpaired) electrons. The van der Waals surface area contributed by atoms with E-state index in [0.29, 0.717) is 6.67 Å². The summed E-state index contributed by atoms with van der Waals surface area (Å²) in [6.07, 6.45) is 0.282. The molecule has 0 aliphatic carbocycles. The van der Waals surface area contributed by atoms with Crippen LogP contribution in [0.5, 0.6) is 0 Å². The highest BCUT2D eigenvalue weighted by molar-refractivity contribution is 5.78. The maximum Gasteiger partial charge on any atom is 0.227 e. The second kappa shape index (κ2) is 11.3. The van der Waals surface area contributed by atoms with Gasteiger partial charge < -0.3 is 5.32 Å². The average molecular weight is 480 g/mol. The summed E-state index contributed by atoms with van der Waals surface area (Å²) < 4.78 is 1.89. The molecule has 0 saturated carbocycles. The lowest BCUT2D eigenvalue weighted by atomic mass is 9.96. The molecular weight excluding hydrogens is 446 g/mol. The maximum atomic E-state index is 12.7. The Bertz CT molecular complexity index is 1210. The zero-order valence-electron chi connectivity index (χ0n) is 20.8. The second-order valence-electron chi connectivity index (χ2n) is 9.34. The summed E-state index contributed by atoms with van der Waals surface area (Å²) >= 11 is 0. The minimum atomic E-state index is 0.00147. The predicted molar refractivity (Wildman–Crippen MR) is 143 cm³/mol. The third-order valence-electron chi connectivity index (χ3n) is 6.78. The average Bonchev–Trinajstić information content (AvgIpc) is 3.29. The number of benzene rings is 3. The van der Waals surface area contributed by atoms with E-state index in [-0.39, 0.29) is 18.4 Å². The van der Waals surface area contributed by atoms with Crippen LogP contribution in [-0.2, 0) is 11.2 Å². The molecule has 184 valence electrons. The number of amides is 1. The number of carbonyl (C=O) groups excluding carboxylic acids is 1. The molecule has 5 rings (SSSR count). The first-order chi connectivity index (χ1) is 17.7. The molecule has 1 saturated heterocycles. The van der Waals surface area contributed by atoms with Crippen molar-refractivity contribution in [2.45, 2.75) is 19.4 Å². The van der Waals surface area contributed by atoms with Crippen LogP contribution < -0.4 is 5.32 Å². The van der Waals surface area contributed by atoms with Gasteiger partial charge in [-0.05, 0) is 36.2 Å². The molecule has 1 aromatic heterocycles. The summed E-state index contributed by atoms with van der Waals surface area (Å²) in [6.45, 7) is 6.30. The monoisotopic (exact) mass is 479 g/mol. The van der Waals surface area contributed by atoms with E-state index in [1.54, 1.807) is 0 Å². The molecule has 0 bridgehead atoms. The van der Waals surface area contributed by atoms with Crippen molar-refractivity contribution < 1.29 is 4.79 Å². The van der Waals surface area contributed by atoms with Gasteiger partial charge in [0, 0.05) is 31.9 Å². The van der Waals surface area contributed by atoms with Gasteiger partial charge in [-0.2, -0.15) is 5.10 Å². The second-order valence-corrected chi connectivity index (χ2v) is 9.34. The number of hydrogen-bond acceptors (Lipinski definition) is 4. The topological polar surface area (TPSA) is 53.4 Å². The van der Waals surface area contributed by atoms with Crippen molar-refractivity contribution in [3.05, 3.63) is 120 Å². The van der Waals surface area contributed by atoms with Gasteiger partial charge >= 0.3 is 0 Å². The van der Waals surface area contributed by atoms with Crippen LogP contribution in [0.1, 0.15) is 28.6 Å². The smallest absolute Gasteiger partial charge is 0.227 e. The van der Waals surface area contributed by atoms with Crippen LogP contribution in [0.4, 0.5) is 0 Å². The van der Waals surface area contributed by atoms with Crippen molar-refractivity contribution in [1.82, 2.24) is 24.9 Å². The normalized spacial score (nSPS) is 14.7. The first-order valence-corrected chi connectivity index (χ1v) is 12.6. The van der Waals surface area contributed by atoms with Gasteiger partial charge in [-0.25, -0.2) is 4.68 Å². The highest BCUT2D eigenvalue weighted by Crippen LogP contribution is 2.29. The van der Waals surface area contributed by atoms with E-state index in [2.05, 4.69) is 80.9 Å². The fourth-order valence-electron chi connectivity index (χ4n) is 4.95. The molecule has 6 heteroatoms.